The summed E-state index contributed by atoms with van der Waals surface area (Å²) in [6, 6.07) is 0. The van der Waals surface area contributed by atoms with Crippen molar-refractivity contribution in [1.82, 2.24) is 0 Å². The van der Waals surface area contributed by atoms with Crippen LogP contribution >= 0.6 is 0 Å². The first-order valence-electron chi connectivity index (χ1n) is 5.73. The Morgan fingerprint density at radius 3 is 2.28 bits per heavy atom. The molecule has 18 heavy (non-hydrogen) atoms. The average molecular weight is 278 g/mol. The van der Waals surface area contributed by atoms with Gasteiger partial charge in [0, 0.05) is 5.57 Å². The highest BCUT2D eigenvalue weighted by Gasteiger charge is 2.17. The zero-order valence-corrected chi connectivity index (χ0v) is 12.3. The van der Waals surface area contributed by atoms with Crippen LogP contribution in [0.2, 0.25) is 0 Å². The molecule has 0 atom stereocenters. The van der Waals surface area contributed by atoms with E-state index in [-0.39, 0.29) is 30.8 Å². The van der Waals surface area contributed by atoms with Gasteiger partial charge < -0.3 is 4.74 Å². The standard InChI is InChI=1S/C12H22O5S/c1-10(2)11(13)16-7-6-8-18(14,15)17-9-12(3,4)5/h1,6-9H2,2-5H3. The number of ether oxygens (including phenoxy) is 1. The highest BCUT2D eigenvalue weighted by Crippen LogP contribution is 2.14. The largest absolute Gasteiger partial charge is 0.462 e. The minimum atomic E-state index is -3.55. The van der Waals surface area contributed by atoms with E-state index < -0.39 is 16.1 Å². The number of rotatable bonds is 7. The number of carbonyl (C=O) groups excluding carboxylic acids is 1. The number of hydrogen-bond acceptors (Lipinski definition) is 5. The van der Waals surface area contributed by atoms with E-state index in [0.29, 0.717) is 5.57 Å². The van der Waals surface area contributed by atoms with Crippen LogP contribution in [0.5, 0.6) is 0 Å². The van der Waals surface area contributed by atoms with Gasteiger partial charge in [0.25, 0.3) is 10.1 Å². The van der Waals surface area contributed by atoms with Crippen molar-refractivity contribution in [3.8, 4) is 0 Å². The topological polar surface area (TPSA) is 69.7 Å². The summed E-state index contributed by atoms with van der Waals surface area (Å²) < 4.78 is 32.6. The minimum Gasteiger partial charge on any atom is -0.462 e. The van der Waals surface area contributed by atoms with Gasteiger partial charge in [0.1, 0.15) is 0 Å². The number of esters is 1. The van der Waals surface area contributed by atoms with Gasteiger partial charge in [-0.1, -0.05) is 27.4 Å². The van der Waals surface area contributed by atoms with Gasteiger partial charge in [0.2, 0.25) is 0 Å². The summed E-state index contributed by atoms with van der Waals surface area (Å²) in [5.74, 6) is -0.671. The fourth-order valence-corrected chi connectivity index (χ4v) is 1.97. The van der Waals surface area contributed by atoms with Gasteiger partial charge in [-0.3, -0.25) is 4.18 Å². The Labute approximate surface area is 109 Å². The summed E-state index contributed by atoms with van der Waals surface area (Å²) in [6.07, 6.45) is 0.214. The van der Waals surface area contributed by atoms with Gasteiger partial charge in [-0.2, -0.15) is 8.42 Å². The van der Waals surface area contributed by atoms with Gasteiger partial charge in [-0.15, -0.1) is 0 Å². The number of hydrogen-bond donors (Lipinski definition) is 0. The SMILES string of the molecule is C=C(C)C(=O)OCCCS(=O)(=O)OCC(C)(C)C. The highest BCUT2D eigenvalue weighted by atomic mass is 32.2. The van der Waals surface area contributed by atoms with Gasteiger partial charge in [-0.25, -0.2) is 4.79 Å². The van der Waals surface area contributed by atoms with Crippen LogP contribution in [0.4, 0.5) is 0 Å². The van der Waals surface area contributed by atoms with Crippen molar-refractivity contribution < 1.29 is 22.1 Å². The lowest BCUT2D eigenvalue weighted by molar-refractivity contribution is -0.138. The lowest BCUT2D eigenvalue weighted by atomic mass is 9.99. The Kier molecular flexibility index (Phi) is 6.56. The Morgan fingerprint density at radius 1 is 1.28 bits per heavy atom. The molecule has 0 spiro atoms. The molecule has 0 amide bonds. The molecule has 0 aliphatic heterocycles. The molecule has 5 nitrogen and oxygen atoms in total. The summed E-state index contributed by atoms with van der Waals surface area (Å²) in [5.41, 5.74) is 0.0845. The molecule has 0 rings (SSSR count). The molecule has 0 fully saturated rings. The molecule has 0 saturated carbocycles. The van der Waals surface area contributed by atoms with Crippen molar-refractivity contribution in [1.29, 1.82) is 0 Å². The average Bonchev–Trinajstić information content (AvgIpc) is 2.20. The van der Waals surface area contributed by atoms with Gasteiger partial charge >= 0.3 is 5.97 Å². The highest BCUT2D eigenvalue weighted by molar-refractivity contribution is 7.86. The molecule has 0 heterocycles. The van der Waals surface area contributed by atoms with Crippen LogP contribution in [0.3, 0.4) is 0 Å². The van der Waals surface area contributed by atoms with E-state index in [1.54, 1.807) is 0 Å². The monoisotopic (exact) mass is 278 g/mol. The second-order valence-electron chi connectivity index (χ2n) is 5.35. The third-order valence-electron chi connectivity index (χ3n) is 1.79. The maximum atomic E-state index is 11.5. The van der Waals surface area contributed by atoms with Crippen molar-refractivity contribution in [3.63, 3.8) is 0 Å². The maximum absolute atomic E-state index is 11.5. The molecule has 0 aromatic heterocycles. The third kappa shape index (κ3) is 9.18. The Morgan fingerprint density at radius 2 is 1.83 bits per heavy atom. The third-order valence-corrected chi connectivity index (χ3v) is 3.06. The maximum Gasteiger partial charge on any atom is 0.333 e. The van der Waals surface area contributed by atoms with E-state index in [9.17, 15) is 13.2 Å². The molecule has 0 aromatic rings. The fourth-order valence-electron chi connectivity index (χ4n) is 0.849. The van der Waals surface area contributed by atoms with E-state index in [2.05, 4.69) is 6.58 Å². The zero-order chi connectivity index (χ0) is 14.4. The molecule has 0 radical (unpaired) electrons. The Balaban J connectivity index is 3.92. The van der Waals surface area contributed by atoms with Crippen molar-refractivity contribution in [3.05, 3.63) is 12.2 Å². The van der Waals surface area contributed by atoms with E-state index >= 15 is 0 Å². The summed E-state index contributed by atoms with van der Waals surface area (Å²) in [7, 11) is -3.55. The van der Waals surface area contributed by atoms with Crippen LogP contribution in [0, 0.1) is 5.41 Å². The lowest BCUT2D eigenvalue weighted by Crippen LogP contribution is -2.21. The molecule has 6 heteroatoms. The first-order chi connectivity index (χ1) is 8.03. The van der Waals surface area contributed by atoms with Crippen molar-refractivity contribution >= 4 is 16.1 Å². The molecule has 0 N–H and O–H groups in total. The fraction of sp³-hybridized carbons (Fsp3) is 0.750. The Bertz CT molecular complexity index is 389. The van der Waals surface area contributed by atoms with Crippen LogP contribution in [0.25, 0.3) is 0 Å². The molecule has 0 aliphatic carbocycles. The first-order valence-corrected chi connectivity index (χ1v) is 7.31. The van der Waals surface area contributed by atoms with E-state index in [0.717, 1.165) is 0 Å². The van der Waals surface area contributed by atoms with Crippen molar-refractivity contribution in [2.24, 2.45) is 5.41 Å². The van der Waals surface area contributed by atoms with Crippen LogP contribution in [-0.4, -0.2) is 33.4 Å². The summed E-state index contributed by atoms with van der Waals surface area (Å²) in [4.78, 5) is 11.0. The second-order valence-corrected chi connectivity index (χ2v) is 7.11. The molecule has 0 aromatic carbocycles. The smallest absolute Gasteiger partial charge is 0.333 e. The number of carbonyl (C=O) groups is 1. The quantitative estimate of drug-likeness (QED) is 0.308. The van der Waals surface area contributed by atoms with E-state index in [4.69, 9.17) is 8.92 Å². The van der Waals surface area contributed by atoms with Crippen LogP contribution < -0.4 is 0 Å². The predicted octanol–water partition coefficient (Wildman–Crippen LogP) is 1.89. The van der Waals surface area contributed by atoms with Crippen LogP contribution in [0.15, 0.2) is 12.2 Å². The summed E-state index contributed by atoms with van der Waals surface area (Å²) in [5, 5.41) is 0. The molecule has 0 bridgehead atoms. The van der Waals surface area contributed by atoms with Crippen molar-refractivity contribution in [2.75, 3.05) is 19.0 Å². The predicted molar refractivity (Wildman–Crippen MR) is 69.6 cm³/mol. The van der Waals surface area contributed by atoms with E-state index in [1.807, 2.05) is 20.8 Å². The van der Waals surface area contributed by atoms with Gasteiger partial charge in [0.05, 0.1) is 19.0 Å². The normalized spacial score (nSPS) is 12.2. The van der Waals surface area contributed by atoms with Crippen molar-refractivity contribution in [2.45, 2.75) is 34.1 Å². The van der Waals surface area contributed by atoms with Gasteiger partial charge in [-0.05, 0) is 18.8 Å². The van der Waals surface area contributed by atoms with Crippen LogP contribution in [-0.2, 0) is 23.8 Å². The molecular weight excluding hydrogens is 256 g/mol. The summed E-state index contributed by atoms with van der Waals surface area (Å²) >= 11 is 0. The molecule has 0 unspecified atom stereocenters. The minimum absolute atomic E-state index is 0.0454. The zero-order valence-electron chi connectivity index (χ0n) is 11.5. The first kappa shape index (κ1) is 17.1. The molecular formula is C12H22O5S. The second kappa shape index (κ2) is 6.89. The summed E-state index contributed by atoms with van der Waals surface area (Å²) in [6.45, 7) is 10.8. The van der Waals surface area contributed by atoms with E-state index in [1.165, 1.54) is 6.92 Å². The molecule has 0 saturated heterocycles. The Hall–Kier alpha value is -0.880. The lowest BCUT2D eigenvalue weighted by Gasteiger charge is -2.17. The van der Waals surface area contributed by atoms with Gasteiger partial charge in [0.15, 0.2) is 0 Å². The van der Waals surface area contributed by atoms with Crippen LogP contribution in [0.1, 0.15) is 34.1 Å². The molecule has 0 aliphatic rings. The molecule has 106 valence electrons.